The van der Waals surface area contributed by atoms with Crippen molar-refractivity contribution < 1.29 is 19.5 Å². The molecule has 1 fully saturated rings. The number of hydrogen-bond donors (Lipinski definition) is 2. The fourth-order valence-electron chi connectivity index (χ4n) is 3.61. The highest BCUT2D eigenvalue weighted by Gasteiger charge is 2.28. The minimum absolute atomic E-state index is 0.111. The van der Waals surface area contributed by atoms with Gasteiger partial charge < -0.3 is 25.1 Å². The Morgan fingerprint density at radius 3 is 2.71 bits per heavy atom. The summed E-state index contributed by atoms with van der Waals surface area (Å²) in [5.74, 6) is -0.456. The van der Waals surface area contributed by atoms with Crippen molar-refractivity contribution in [2.24, 2.45) is 0 Å². The fourth-order valence-corrected chi connectivity index (χ4v) is 3.61. The van der Waals surface area contributed by atoms with Gasteiger partial charge in [-0.1, -0.05) is 6.08 Å². The van der Waals surface area contributed by atoms with E-state index >= 15 is 0 Å². The van der Waals surface area contributed by atoms with Gasteiger partial charge >= 0.3 is 0 Å². The van der Waals surface area contributed by atoms with E-state index in [1.54, 1.807) is 21.9 Å². The van der Waals surface area contributed by atoms with Gasteiger partial charge in [0.25, 0.3) is 5.91 Å². The fraction of sp³-hybridized carbons (Fsp3) is 0.450. The maximum Gasteiger partial charge on any atom is 0.254 e. The van der Waals surface area contributed by atoms with E-state index < -0.39 is 6.10 Å². The van der Waals surface area contributed by atoms with Crippen molar-refractivity contribution in [3.05, 3.63) is 36.4 Å². The number of nitrogens with one attached hydrogen (secondary N) is 1. The third kappa shape index (κ3) is 4.17. The van der Waals surface area contributed by atoms with Crippen LogP contribution in [0.15, 0.2) is 30.9 Å². The van der Waals surface area contributed by atoms with Crippen LogP contribution in [0.2, 0.25) is 0 Å². The van der Waals surface area contributed by atoms with Gasteiger partial charge in [-0.05, 0) is 25.1 Å². The predicted molar refractivity (Wildman–Crippen MR) is 106 cm³/mol. The van der Waals surface area contributed by atoms with Crippen molar-refractivity contribution in [1.82, 2.24) is 9.80 Å². The van der Waals surface area contributed by atoms with Crippen molar-refractivity contribution in [2.45, 2.75) is 19.4 Å². The Hall–Kier alpha value is -2.87. The summed E-state index contributed by atoms with van der Waals surface area (Å²) < 4.78 is 0. The second kappa shape index (κ2) is 8.43. The zero-order valence-electron chi connectivity index (χ0n) is 16.1. The lowest BCUT2D eigenvalue weighted by atomic mass is 10.1. The highest BCUT2D eigenvalue weighted by Crippen LogP contribution is 2.30. The SMILES string of the molecule is C=CCC(=O)N1CCN(C(=O)c2ccc3c(c2)NC(=O)CN3CC)CC(O)C1. The number of anilines is 2. The number of amides is 3. The molecule has 0 aromatic heterocycles. The number of hydrogen-bond acceptors (Lipinski definition) is 5. The zero-order valence-corrected chi connectivity index (χ0v) is 16.1. The number of aliphatic hydroxyl groups excluding tert-OH is 1. The average molecular weight is 386 g/mol. The molecule has 1 atom stereocenters. The third-order valence-corrected chi connectivity index (χ3v) is 5.04. The lowest BCUT2D eigenvalue weighted by molar-refractivity contribution is -0.131. The van der Waals surface area contributed by atoms with E-state index in [1.165, 1.54) is 6.08 Å². The predicted octanol–water partition coefficient (Wildman–Crippen LogP) is 0.686. The van der Waals surface area contributed by atoms with Crippen molar-refractivity contribution in [3.63, 3.8) is 0 Å². The summed E-state index contributed by atoms with van der Waals surface area (Å²) in [4.78, 5) is 42.0. The van der Waals surface area contributed by atoms with Gasteiger partial charge in [0.05, 0.1) is 24.0 Å². The summed E-state index contributed by atoms with van der Waals surface area (Å²) in [5.41, 5.74) is 1.94. The Bertz CT molecular complexity index is 794. The Labute approximate surface area is 164 Å². The van der Waals surface area contributed by atoms with Gasteiger partial charge in [-0.3, -0.25) is 14.4 Å². The molecule has 2 aliphatic heterocycles. The summed E-state index contributed by atoms with van der Waals surface area (Å²) in [5, 5.41) is 13.1. The van der Waals surface area contributed by atoms with Gasteiger partial charge in [0, 0.05) is 44.7 Å². The molecule has 150 valence electrons. The van der Waals surface area contributed by atoms with Gasteiger partial charge in [-0.15, -0.1) is 6.58 Å². The molecule has 0 spiro atoms. The molecule has 28 heavy (non-hydrogen) atoms. The van der Waals surface area contributed by atoms with Crippen LogP contribution in [0.4, 0.5) is 11.4 Å². The monoisotopic (exact) mass is 386 g/mol. The maximum atomic E-state index is 13.0. The van der Waals surface area contributed by atoms with E-state index in [9.17, 15) is 19.5 Å². The van der Waals surface area contributed by atoms with Gasteiger partial charge in [0.2, 0.25) is 11.8 Å². The highest BCUT2D eigenvalue weighted by atomic mass is 16.3. The molecule has 2 heterocycles. The molecule has 1 saturated heterocycles. The number of fused-ring (bicyclic) bond motifs is 1. The van der Waals surface area contributed by atoms with Crippen molar-refractivity contribution in [2.75, 3.05) is 49.5 Å². The maximum absolute atomic E-state index is 13.0. The largest absolute Gasteiger partial charge is 0.389 e. The average Bonchev–Trinajstić information content (AvgIpc) is 2.88. The van der Waals surface area contributed by atoms with E-state index in [4.69, 9.17) is 0 Å². The summed E-state index contributed by atoms with van der Waals surface area (Å²) in [7, 11) is 0. The molecule has 8 nitrogen and oxygen atoms in total. The molecule has 0 radical (unpaired) electrons. The number of carbonyl (C=O) groups excluding carboxylic acids is 3. The number of aliphatic hydroxyl groups is 1. The van der Waals surface area contributed by atoms with Crippen LogP contribution in [0.3, 0.4) is 0 Å². The third-order valence-electron chi connectivity index (χ3n) is 5.04. The van der Waals surface area contributed by atoms with Crippen LogP contribution in [-0.4, -0.2) is 78.0 Å². The van der Waals surface area contributed by atoms with Crippen LogP contribution < -0.4 is 10.2 Å². The first-order valence-corrected chi connectivity index (χ1v) is 9.47. The van der Waals surface area contributed by atoms with Crippen LogP contribution >= 0.6 is 0 Å². The summed E-state index contributed by atoms with van der Waals surface area (Å²) in [6.07, 6.45) is 0.927. The topological polar surface area (TPSA) is 93.2 Å². The molecule has 3 amide bonds. The van der Waals surface area contributed by atoms with Crippen LogP contribution in [0.1, 0.15) is 23.7 Å². The standard InChI is InChI=1S/C20H26N4O4/c1-3-5-19(27)23-8-9-24(12-15(25)11-23)20(28)14-6-7-17-16(10-14)21-18(26)13-22(17)4-2/h3,6-7,10,15,25H,1,4-5,8-9,11-13H2,2H3,(H,21,26). The number of β-amino-alcohol motifs (C(OH)–C–C–N with tert-alkyl or cyclic N) is 1. The number of likely N-dealkylation sites (N-methyl/N-ethyl adjacent to an activating group) is 1. The molecule has 1 aromatic rings. The second-order valence-corrected chi connectivity index (χ2v) is 7.03. The molecule has 1 unspecified atom stereocenters. The number of benzene rings is 1. The van der Waals surface area contributed by atoms with E-state index in [0.29, 0.717) is 37.4 Å². The Morgan fingerprint density at radius 1 is 1.29 bits per heavy atom. The highest BCUT2D eigenvalue weighted by molar-refractivity contribution is 6.04. The quantitative estimate of drug-likeness (QED) is 0.743. The first-order valence-electron chi connectivity index (χ1n) is 9.47. The van der Waals surface area contributed by atoms with Crippen LogP contribution in [0.25, 0.3) is 0 Å². The Balaban J connectivity index is 1.77. The van der Waals surface area contributed by atoms with Crippen LogP contribution in [0, 0.1) is 0 Å². The minimum Gasteiger partial charge on any atom is -0.389 e. The minimum atomic E-state index is -0.812. The lowest BCUT2D eigenvalue weighted by Gasteiger charge is -2.30. The molecule has 2 N–H and O–H groups in total. The Morgan fingerprint density at radius 2 is 2.00 bits per heavy atom. The summed E-state index contributed by atoms with van der Waals surface area (Å²) in [6.45, 7) is 7.58. The van der Waals surface area contributed by atoms with Gasteiger partial charge in [-0.2, -0.15) is 0 Å². The lowest BCUT2D eigenvalue weighted by Crippen LogP contribution is -2.39. The normalized spacial score (nSPS) is 19.6. The molecule has 0 bridgehead atoms. The molecule has 8 heteroatoms. The van der Waals surface area contributed by atoms with Crippen molar-refractivity contribution in [3.8, 4) is 0 Å². The smallest absolute Gasteiger partial charge is 0.254 e. The van der Waals surface area contributed by atoms with Crippen LogP contribution in [-0.2, 0) is 9.59 Å². The summed E-state index contributed by atoms with van der Waals surface area (Å²) in [6, 6.07) is 5.24. The van der Waals surface area contributed by atoms with Gasteiger partial charge in [0.1, 0.15) is 0 Å². The first-order chi connectivity index (χ1) is 13.4. The van der Waals surface area contributed by atoms with E-state index in [1.807, 2.05) is 17.9 Å². The molecule has 0 saturated carbocycles. The molecule has 2 aliphatic rings. The van der Waals surface area contributed by atoms with Crippen LogP contribution in [0.5, 0.6) is 0 Å². The molecular formula is C20H26N4O4. The van der Waals surface area contributed by atoms with E-state index in [2.05, 4.69) is 11.9 Å². The Kier molecular flexibility index (Phi) is 5.99. The van der Waals surface area contributed by atoms with Crippen molar-refractivity contribution >= 4 is 29.1 Å². The number of nitrogens with zero attached hydrogens (tertiary/aromatic N) is 3. The van der Waals surface area contributed by atoms with E-state index in [-0.39, 0.29) is 37.2 Å². The second-order valence-electron chi connectivity index (χ2n) is 7.03. The molecule has 3 rings (SSSR count). The molecule has 1 aromatic carbocycles. The van der Waals surface area contributed by atoms with Crippen molar-refractivity contribution in [1.29, 1.82) is 0 Å². The summed E-state index contributed by atoms with van der Waals surface area (Å²) >= 11 is 0. The number of carbonyl (C=O) groups is 3. The first kappa shape index (κ1) is 19.9. The van der Waals surface area contributed by atoms with E-state index in [0.717, 1.165) is 5.69 Å². The van der Waals surface area contributed by atoms with Gasteiger partial charge in [0.15, 0.2) is 0 Å². The zero-order chi connectivity index (χ0) is 20.3. The molecular weight excluding hydrogens is 360 g/mol. The number of rotatable bonds is 4. The molecule has 0 aliphatic carbocycles. The van der Waals surface area contributed by atoms with Gasteiger partial charge in [-0.25, -0.2) is 0 Å².